The molecule has 2 aliphatic rings. The molecule has 0 aromatic heterocycles. The van der Waals surface area contributed by atoms with Crippen molar-refractivity contribution in [1.82, 2.24) is 4.90 Å². The number of benzene rings is 1. The summed E-state index contributed by atoms with van der Waals surface area (Å²) in [5.74, 6) is -0.164. The number of para-hydroxylation sites is 2. The first-order valence-electron chi connectivity index (χ1n) is 7.29. The maximum atomic E-state index is 12.4. The van der Waals surface area contributed by atoms with Crippen LogP contribution in [-0.4, -0.2) is 35.9 Å². The minimum Gasteiger partial charge on any atom is -0.404 e. The van der Waals surface area contributed by atoms with E-state index in [1.54, 1.807) is 18.2 Å². The van der Waals surface area contributed by atoms with Gasteiger partial charge in [0.2, 0.25) is 0 Å². The topological polar surface area (TPSA) is 24.5 Å². The van der Waals surface area contributed by atoms with Crippen LogP contribution in [0.4, 0.5) is 18.9 Å². The highest BCUT2D eigenvalue weighted by atomic mass is 19.4. The van der Waals surface area contributed by atoms with Crippen LogP contribution >= 0.6 is 0 Å². The van der Waals surface area contributed by atoms with E-state index in [9.17, 15) is 13.2 Å². The van der Waals surface area contributed by atoms with Crippen molar-refractivity contribution in [2.24, 2.45) is 0 Å². The number of hydrogen-bond acceptors (Lipinski definition) is 3. The molecule has 0 bridgehead atoms. The zero-order valence-electron chi connectivity index (χ0n) is 11.9. The molecule has 1 aromatic carbocycles. The Morgan fingerprint density at radius 1 is 1.24 bits per heavy atom. The number of hydrogen-bond donors (Lipinski definition) is 1. The van der Waals surface area contributed by atoms with E-state index >= 15 is 0 Å². The second-order valence-corrected chi connectivity index (χ2v) is 5.90. The Balaban J connectivity index is 1.67. The quantitative estimate of drug-likeness (QED) is 0.919. The van der Waals surface area contributed by atoms with Gasteiger partial charge in [0, 0.05) is 24.7 Å². The highest BCUT2D eigenvalue weighted by Gasteiger charge is 2.39. The number of nitrogens with one attached hydrogen (secondary N) is 1. The summed E-state index contributed by atoms with van der Waals surface area (Å²) in [4.78, 5) is 2.45. The molecular weight excluding hydrogens is 281 g/mol. The summed E-state index contributed by atoms with van der Waals surface area (Å²) in [5, 5.41) is 3.21. The molecule has 116 valence electrons. The minimum atomic E-state index is -4.67. The maximum Gasteiger partial charge on any atom is 0.573 e. The zero-order chi connectivity index (χ0) is 15.0. The molecule has 0 spiro atoms. The third-order valence-corrected chi connectivity index (χ3v) is 4.11. The van der Waals surface area contributed by atoms with Gasteiger partial charge < -0.3 is 10.1 Å². The predicted molar refractivity (Wildman–Crippen MR) is 74.3 cm³/mol. The molecule has 0 radical (unpaired) electrons. The Bertz CT molecular complexity index is 502. The van der Waals surface area contributed by atoms with E-state index in [2.05, 4.69) is 21.9 Å². The van der Waals surface area contributed by atoms with Gasteiger partial charge in [-0.15, -0.1) is 13.2 Å². The Morgan fingerprint density at radius 3 is 2.62 bits per heavy atom. The highest BCUT2D eigenvalue weighted by Crippen LogP contribution is 2.36. The maximum absolute atomic E-state index is 12.4. The van der Waals surface area contributed by atoms with Crippen molar-refractivity contribution < 1.29 is 17.9 Å². The van der Waals surface area contributed by atoms with Gasteiger partial charge in [-0.2, -0.15) is 0 Å². The van der Waals surface area contributed by atoms with E-state index < -0.39 is 6.36 Å². The Kier molecular flexibility index (Phi) is 3.73. The second-order valence-electron chi connectivity index (χ2n) is 5.90. The molecule has 6 heteroatoms. The Morgan fingerprint density at radius 2 is 1.95 bits per heavy atom. The van der Waals surface area contributed by atoms with Crippen molar-refractivity contribution in [3.05, 3.63) is 24.3 Å². The fourth-order valence-electron chi connectivity index (χ4n) is 3.10. The molecular formula is C15H19F3N2O. The van der Waals surface area contributed by atoms with Crippen LogP contribution in [0.3, 0.4) is 0 Å². The van der Waals surface area contributed by atoms with Crippen molar-refractivity contribution in [2.45, 2.75) is 50.7 Å². The van der Waals surface area contributed by atoms with Crippen LogP contribution in [0.2, 0.25) is 0 Å². The average Bonchev–Trinajstić information content (AvgIpc) is 3.15. The average molecular weight is 300 g/mol. The summed E-state index contributed by atoms with van der Waals surface area (Å²) in [6.07, 6.45) is -1.24. The van der Waals surface area contributed by atoms with Crippen LogP contribution in [0.15, 0.2) is 24.3 Å². The van der Waals surface area contributed by atoms with Gasteiger partial charge in [-0.05, 0) is 38.3 Å². The molecule has 1 N–H and O–H groups in total. The molecule has 2 atom stereocenters. The summed E-state index contributed by atoms with van der Waals surface area (Å²) >= 11 is 0. The van der Waals surface area contributed by atoms with E-state index in [0.29, 0.717) is 17.8 Å². The van der Waals surface area contributed by atoms with Gasteiger partial charge in [-0.25, -0.2) is 0 Å². The van der Waals surface area contributed by atoms with Crippen LogP contribution in [0, 0.1) is 0 Å². The molecule has 1 heterocycles. The lowest BCUT2D eigenvalue weighted by Gasteiger charge is -2.20. The second kappa shape index (κ2) is 5.40. The molecule has 1 aliphatic heterocycles. The van der Waals surface area contributed by atoms with E-state index in [4.69, 9.17) is 0 Å². The molecule has 21 heavy (non-hydrogen) atoms. The largest absolute Gasteiger partial charge is 0.573 e. The van der Waals surface area contributed by atoms with Crippen LogP contribution in [0.5, 0.6) is 5.75 Å². The van der Waals surface area contributed by atoms with E-state index in [-0.39, 0.29) is 11.8 Å². The molecule has 1 aliphatic carbocycles. The number of likely N-dealkylation sites (tertiary alicyclic amines) is 1. The van der Waals surface area contributed by atoms with Crippen molar-refractivity contribution in [2.75, 3.05) is 11.9 Å². The number of halogens is 3. The summed E-state index contributed by atoms with van der Waals surface area (Å²) < 4.78 is 41.3. The number of alkyl halides is 3. The third kappa shape index (κ3) is 3.61. The van der Waals surface area contributed by atoms with Crippen LogP contribution < -0.4 is 10.1 Å². The fourth-order valence-corrected chi connectivity index (χ4v) is 3.10. The van der Waals surface area contributed by atoms with Crippen LogP contribution in [0.1, 0.15) is 26.2 Å². The van der Waals surface area contributed by atoms with Gasteiger partial charge in [0.15, 0.2) is 5.75 Å². The van der Waals surface area contributed by atoms with E-state index in [1.807, 2.05) is 0 Å². The lowest BCUT2D eigenvalue weighted by Crippen LogP contribution is -2.31. The lowest BCUT2D eigenvalue weighted by atomic mass is 10.2. The van der Waals surface area contributed by atoms with Crippen molar-refractivity contribution in [3.63, 3.8) is 0 Å². The number of nitrogens with zero attached hydrogens (tertiary/aromatic N) is 1. The molecule has 1 saturated heterocycles. The number of rotatable bonds is 4. The van der Waals surface area contributed by atoms with Crippen molar-refractivity contribution in [1.29, 1.82) is 0 Å². The van der Waals surface area contributed by atoms with E-state index in [0.717, 1.165) is 13.0 Å². The summed E-state index contributed by atoms with van der Waals surface area (Å²) in [5.41, 5.74) is 0.407. The van der Waals surface area contributed by atoms with Gasteiger partial charge in [-0.1, -0.05) is 12.1 Å². The molecule has 3 nitrogen and oxygen atoms in total. The summed E-state index contributed by atoms with van der Waals surface area (Å²) in [6.45, 7) is 3.06. The summed E-state index contributed by atoms with van der Waals surface area (Å²) in [7, 11) is 0. The minimum absolute atomic E-state index is 0.164. The standard InChI is InChI=1S/C15H19F3N2O/c1-10-8-11(9-20(10)12-6-7-12)19-13-4-2-3-5-14(13)21-15(16,17)18/h2-5,10-12,19H,6-9H2,1H3. The molecule has 3 rings (SSSR count). The van der Waals surface area contributed by atoms with E-state index in [1.165, 1.54) is 18.9 Å². The lowest BCUT2D eigenvalue weighted by molar-refractivity contribution is -0.274. The normalized spacial score (nSPS) is 26.9. The molecule has 1 aromatic rings. The first-order valence-corrected chi connectivity index (χ1v) is 7.29. The molecule has 2 unspecified atom stereocenters. The Hall–Kier alpha value is -1.43. The van der Waals surface area contributed by atoms with Gasteiger partial charge in [0.05, 0.1) is 5.69 Å². The van der Waals surface area contributed by atoms with Gasteiger partial charge in [0.1, 0.15) is 0 Å². The number of ether oxygens (including phenoxy) is 1. The molecule has 0 amide bonds. The van der Waals surface area contributed by atoms with Gasteiger partial charge in [-0.3, -0.25) is 4.90 Å². The zero-order valence-corrected chi connectivity index (χ0v) is 11.9. The predicted octanol–water partition coefficient (Wildman–Crippen LogP) is 3.62. The van der Waals surface area contributed by atoms with Gasteiger partial charge in [0.25, 0.3) is 0 Å². The Labute approximate surface area is 122 Å². The first kappa shape index (κ1) is 14.5. The van der Waals surface area contributed by atoms with Crippen molar-refractivity contribution in [3.8, 4) is 5.75 Å². The van der Waals surface area contributed by atoms with Crippen LogP contribution in [0.25, 0.3) is 0 Å². The summed E-state index contributed by atoms with van der Waals surface area (Å²) in [6, 6.07) is 7.54. The fraction of sp³-hybridized carbons (Fsp3) is 0.600. The molecule has 1 saturated carbocycles. The number of anilines is 1. The van der Waals surface area contributed by atoms with Gasteiger partial charge >= 0.3 is 6.36 Å². The third-order valence-electron chi connectivity index (χ3n) is 4.11. The van der Waals surface area contributed by atoms with Crippen LogP contribution in [-0.2, 0) is 0 Å². The molecule has 2 fully saturated rings. The monoisotopic (exact) mass is 300 g/mol. The SMILES string of the molecule is CC1CC(Nc2ccccc2OC(F)(F)F)CN1C1CC1. The van der Waals surface area contributed by atoms with Crippen molar-refractivity contribution >= 4 is 5.69 Å². The highest BCUT2D eigenvalue weighted by molar-refractivity contribution is 5.57. The smallest absolute Gasteiger partial charge is 0.404 e. The first-order chi connectivity index (χ1) is 9.92.